The van der Waals surface area contributed by atoms with E-state index in [-0.39, 0.29) is 18.2 Å². The smallest absolute Gasteiger partial charge is 0.271 e. The third-order valence-electron chi connectivity index (χ3n) is 5.48. The van der Waals surface area contributed by atoms with Gasteiger partial charge in [0.1, 0.15) is 11.4 Å². The van der Waals surface area contributed by atoms with Gasteiger partial charge in [-0.15, -0.1) is 0 Å². The molecule has 0 aliphatic carbocycles. The summed E-state index contributed by atoms with van der Waals surface area (Å²) >= 11 is 0. The fourth-order valence-corrected chi connectivity index (χ4v) is 3.76. The van der Waals surface area contributed by atoms with Crippen LogP contribution in [-0.4, -0.2) is 50.0 Å². The van der Waals surface area contributed by atoms with Crippen molar-refractivity contribution < 1.29 is 14.3 Å². The van der Waals surface area contributed by atoms with E-state index >= 15 is 0 Å². The van der Waals surface area contributed by atoms with Crippen LogP contribution in [0, 0.1) is 6.92 Å². The molecule has 2 aliphatic rings. The summed E-state index contributed by atoms with van der Waals surface area (Å²) in [5.41, 5.74) is 6.34. The lowest BCUT2D eigenvalue weighted by molar-refractivity contribution is -0.128. The van der Waals surface area contributed by atoms with E-state index < -0.39 is 0 Å². The molecule has 2 amide bonds. The Morgan fingerprint density at radius 3 is 2.40 bits per heavy atom. The lowest BCUT2D eigenvalue weighted by Gasteiger charge is -2.38. The number of rotatable bonds is 4. The molecule has 0 spiro atoms. The van der Waals surface area contributed by atoms with Crippen molar-refractivity contribution in [3.8, 4) is 5.75 Å². The first-order valence-corrected chi connectivity index (χ1v) is 10.1. The van der Waals surface area contributed by atoms with Gasteiger partial charge < -0.3 is 14.5 Å². The molecule has 1 fully saturated rings. The predicted octanol–water partition coefficient (Wildman–Crippen LogP) is 2.48. The lowest BCUT2D eigenvalue weighted by atomic mass is 10.2. The van der Waals surface area contributed by atoms with Gasteiger partial charge in [-0.1, -0.05) is 29.8 Å². The number of hydrogen-bond donors (Lipinski definition) is 1. The molecular formula is C23H26N4O3. The molecule has 7 heteroatoms. The third kappa shape index (κ3) is 3.96. The van der Waals surface area contributed by atoms with E-state index in [1.807, 2.05) is 60.4 Å². The summed E-state index contributed by atoms with van der Waals surface area (Å²) in [6.07, 6.45) is 1.88. The normalized spacial score (nSPS) is 16.8. The fourth-order valence-electron chi connectivity index (χ4n) is 3.76. The molecule has 0 aromatic heterocycles. The molecule has 1 N–H and O–H groups in total. The van der Waals surface area contributed by atoms with Crippen molar-refractivity contribution in [1.29, 1.82) is 0 Å². The number of piperazine rings is 1. The summed E-state index contributed by atoms with van der Waals surface area (Å²) in [5.74, 6) is 0.664. The number of anilines is 2. The second-order valence-corrected chi connectivity index (χ2v) is 7.45. The number of nitrogens with zero attached hydrogens (tertiary/aromatic N) is 3. The van der Waals surface area contributed by atoms with Gasteiger partial charge in [-0.05, 0) is 37.3 Å². The number of ether oxygens (including phenoxy) is 1. The van der Waals surface area contributed by atoms with E-state index in [9.17, 15) is 9.59 Å². The van der Waals surface area contributed by atoms with Crippen molar-refractivity contribution in [1.82, 2.24) is 10.3 Å². The largest absolute Gasteiger partial charge is 0.495 e. The van der Waals surface area contributed by atoms with Crippen molar-refractivity contribution in [2.24, 2.45) is 0 Å². The number of benzene rings is 2. The Hall–Kier alpha value is -3.48. The Bertz CT molecular complexity index is 963. The maximum atomic E-state index is 13.1. The molecule has 0 bridgehead atoms. The predicted molar refractivity (Wildman–Crippen MR) is 116 cm³/mol. The molecule has 156 valence electrons. The summed E-state index contributed by atoms with van der Waals surface area (Å²) in [6.45, 7) is 4.65. The van der Waals surface area contributed by atoms with Gasteiger partial charge in [0.05, 0.1) is 18.5 Å². The molecule has 0 atom stereocenters. The van der Waals surface area contributed by atoms with Crippen LogP contribution in [0.2, 0.25) is 0 Å². The average Bonchev–Trinajstić information content (AvgIpc) is 2.80. The van der Waals surface area contributed by atoms with Crippen molar-refractivity contribution in [3.05, 3.63) is 65.9 Å². The van der Waals surface area contributed by atoms with E-state index in [1.54, 1.807) is 13.2 Å². The number of carbonyl (C=O) groups is 2. The highest BCUT2D eigenvalue weighted by Gasteiger charge is 2.29. The van der Waals surface area contributed by atoms with Gasteiger partial charge in [0.2, 0.25) is 5.91 Å². The fraction of sp³-hybridized carbons (Fsp3) is 0.304. The number of aryl methyl sites for hydroxylation is 1. The highest BCUT2D eigenvalue weighted by atomic mass is 16.5. The number of methoxy groups -OCH3 is 1. The van der Waals surface area contributed by atoms with E-state index in [4.69, 9.17) is 4.74 Å². The van der Waals surface area contributed by atoms with Gasteiger partial charge in [-0.3, -0.25) is 15.0 Å². The number of amides is 2. The standard InChI is InChI=1S/C23H26N4O3/c1-17-7-9-18(10-8-17)27-22(28)12-11-19(24-27)23(29)26-15-13-25(14-16-26)20-5-3-4-6-21(20)30-2/h3-11,24H,12-16H2,1-2H3. The molecule has 1 saturated heterocycles. The lowest BCUT2D eigenvalue weighted by Crippen LogP contribution is -2.53. The van der Waals surface area contributed by atoms with Gasteiger partial charge >= 0.3 is 0 Å². The van der Waals surface area contributed by atoms with Gasteiger partial charge in [0, 0.05) is 32.6 Å². The molecule has 7 nitrogen and oxygen atoms in total. The molecule has 0 unspecified atom stereocenters. The third-order valence-corrected chi connectivity index (χ3v) is 5.48. The van der Waals surface area contributed by atoms with Crippen molar-refractivity contribution in [2.75, 3.05) is 43.2 Å². The van der Waals surface area contributed by atoms with E-state index in [1.165, 1.54) is 5.01 Å². The second kappa shape index (κ2) is 8.49. The minimum absolute atomic E-state index is 0.0840. The monoisotopic (exact) mass is 406 g/mol. The Kier molecular flexibility index (Phi) is 5.61. The summed E-state index contributed by atoms with van der Waals surface area (Å²) in [6, 6.07) is 15.6. The van der Waals surface area contributed by atoms with Crippen LogP contribution >= 0.6 is 0 Å². The van der Waals surface area contributed by atoms with Crippen LogP contribution in [0.25, 0.3) is 0 Å². The highest BCUT2D eigenvalue weighted by Crippen LogP contribution is 2.28. The van der Waals surface area contributed by atoms with Crippen LogP contribution in [-0.2, 0) is 9.59 Å². The number of carbonyl (C=O) groups excluding carboxylic acids is 2. The Morgan fingerprint density at radius 1 is 1.00 bits per heavy atom. The quantitative estimate of drug-likeness (QED) is 0.845. The second-order valence-electron chi connectivity index (χ2n) is 7.45. The Balaban J connectivity index is 1.41. The maximum absolute atomic E-state index is 13.1. The zero-order valence-electron chi connectivity index (χ0n) is 17.3. The summed E-state index contributed by atoms with van der Waals surface area (Å²) in [5, 5.41) is 1.46. The van der Waals surface area contributed by atoms with Crippen molar-refractivity contribution in [3.63, 3.8) is 0 Å². The van der Waals surface area contributed by atoms with Crippen LogP contribution in [0.15, 0.2) is 60.3 Å². The van der Waals surface area contributed by atoms with Gasteiger partial charge in [0.25, 0.3) is 5.91 Å². The van der Waals surface area contributed by atoms with Crippen LogP contribution < -0.4 is 20.1 Å². The molecule has 2 aliphatic heterocycles. The Labute approximate surface area is 176 Å². The Morgan fingerprint density at radius 2 is 1.70 bits per heavy atom. The first kappa shape index (κ1) is 19.8. The number of hydrazine groups is 1. The van der Waals surface area contributed by atoms with Crippen LogP contribution in [0.4, 0.5) is 11.4 Å². The summed E-state index contributed by atoms with van der Waals surface area (Å²) in [7, 11) is 1.67. The van der Waals surface area contributed by atoms with E-state index in [0.717, 1.165) is 35.8 Å². The first-order chi connectivity index (χ1) is 14.6. The minimum Gasteiger partial charge on any atom is -0.495 e. The molecule has 30 heavy (non-hydrogen) atoms. The van der Waals surface area contributed by atoms with Gasteiger partial charge in [-0.25, -0.2) is 5.01 Å². The van der Waals surface area contributed by atoms with E-state index in [0.29, 0.717) is 18.8 Å². The van der Waals surface area contributed by atoms with Gasteiger partial charge in [-0.2, -0.15) is 0 Å². The average molecular weight is 406 g/mol. The zero-order valence-corrected chi connectivity index (χ0v) is 17.3. The van der Waals surface area contributed by atoms with Gasteiger partial charge in [0.15, 0.2) is 0 Å². The SMILES string of the molecule is COc1ccccc1N1CCN(C(=O)C2=CCC(=O)N(c3ccc(C)cc3)N2)CC1. The van der Waals surface area contributed by atoms with Crippen LogP contribution in [0.3, 0.4) is 0 Å². The number of nitrogens with one attached hydrogen (secondary N) is 1. The molecule has 2 aromatic rings. The zero-order chi connectivity index (χ0) is 21.1. The minimum atomic E-state index is -0.0867. The first-order valence-electron chi connectivity index (χ1n) is 10.1. The molecule has 2 heterocycles. The van der Waals surface area contributed by atoms with Crippen LogP contribution in [0.5, 0.6) is 5.75 Å². The topological polar surface area (TPSA) is 65.1 Å². The summed E-state index contributed by atoms with van der Waals surface area (Å²) in [4.78, 5) is 29.5. The molecular weight excluding hydrogens is 380 g/mol. The number of para-hydroxylation sites is 2. The molecule has 0 radical (unpaired) electrons. The summed E-state index contributed by atoms with van der Waals surface area (Å²) < 4.78 is 5.46. The molecule has 4 rings (SSSR count). The van der Waals surface area contributed by atoms with Crippen LogP contribution in [0.1, 0.15) is 12.0 Å². The maximum Gasteiger partial charge on any atom is 0.271 e. The highest BCUT2D eigenvalue weighted by molar-refractivity contribution is 6.01. The van der Waals surface area contributed by atoms with Crippen molar-refractivity contribution >= 4 is 23.2 Å². The molecule has 2 aromatic carbocycles. The molecule has 0 saturated carbocycles. The number of hydrogen-bond acceptors (Lipinski definition) is 5. The van der Waals surface area contributed by atoms with E-state index in [2.05, 4.69) is 10.3 Å². The van der Waals surface area contributed by atoms with Crippen molar-refractivity contribution in [2.45, 2.75) is 13.3 Å².